The molecule has 0 unspecified atom stereocenters. The van der Waals surface area contributed by atoms with E-state index in [2.05, 4.69) is 23.5 Å². The normalized spacial score (nSPS) is 22.1. The predicted molar refractivity (Wildman–Crippen MR) is 69.1 cm³/mol. The van der Waals surface area contributed by atoms with Gasteiger partial charge in [-0.15, -0.1) is 0 Å². The van der Waals surface area contributed by atoms with E-state index in [0.717, 1.165) is 18.6 Å². The van der Waals surface area contributed by atoms with Crippen molar-refractivity contribution in [3.8, 4) is 0 Å². The van der Waals surface area contributed by atoms with E-state index in [4.69, 9.17) is 4.42 Å². The van der Waals surface area contributed by atoms with Crippen LogP contribution in [0.4, 0.5) is 0 Å². The topological polar surface area (TPSA) is 45.4 Å². The summed E-state index contributed by atoms with van der Waals surface area (Å²) < 4.78 is 5.33. The van der Waals surface area contributed by atoms with E-state index in [0.29, 0.717) is 6.54 Å². The number of aliphatic hydroxyl groups excluding tert-OH is 1. The van der Waals surface area contributed by atoms with Gasteiger partial charge >= 0.3 is 0 Å². The van der Waals surface area contributed by atoms with Gasteiger partial charge in [0.15, 0.2) is 0 Å². The van der Waals surface area contributed by atoms with Gasteiger partial charge in [0, 0.05) is 0 Å². The molecule has 0 spiro atoms. The summed E-state index contributed by atoms with van der Waals surface area (Å²) in [6.07, 6.45) is 3.62. The lowest BCUT2D eigenvalue weighted by atomic mass is 9.92. The van der Waals surface area contributed by atoms with Gasteiger partial charge in [0.05, 0.1) is 25.0 Å². The maximum Gasteiger partial charge on any atom is 0.117 e. The quantitative estimate of drug-likeness (QED) is 0.865. The third-order valence-electron chi connectivity index (χ3n) is 3.81. The minimum Gasteiger partial charge on any atom is -0.468 e. The third-order valence-corrected chi connectivity index (χ3v) is 3.81. The van der Waals surface area contributed by atoms with Gasteiger partial charge in [-0.1, -0.05) is 24.3 Å². The zero-order valence-corrected chi connectivity index (χ0v) is 10.2. The van der Waals surface area contributed by atoms with Gasteiger partial charge in [0.2, 0.25) is 0 Å². The average Bonchev–Trinajstić information content (AvgIpc) is 3.05. The number of hydrogen-bond acceptors (Lipinski definition) is 3. The summed E-state index contributed by atoms with van der Waals surface area (Å²) >= 11 is 0. The molecule has 3 rings (SSSR count). The smallest absolute Gasteiger partial charge is 0.117 e. The minimum atomic E-state index is -0.316. The molecule has 0 bridgehead atoms. The fraction of sp³-hybridized carbons (Fsp3) is 0.333. The first-order chi connectivity index (χ1) is 8.84. The molecule has 94 valence electrons. The fourth-order valence-electron chi connectivity index (χ4n) is 2.76. The molecule has 1 aliphatic rings. The van der Waals surface area contributed by atoms with Gasteiger partial charge in [0.25, 0.3) is 0 Å². The van der Waals surface area contributed by atoms with Crippen LogP contribution in [0.2, 0.25) is 0 Å². The molecule has 1 aromatic heterocycles. The van der Waals surface area contributed by atoms with Crippen LogP contribution < -0.4 is 5.32 Å². The molecule has 1 heterocycles. The van der Waals surface area contributed by atoms with Crippen molar-refractivity contribution in [1.82, 2.24) is 5.32 Å². The van der Waals surface area contributed by atoms with Gasteiger partial charge in [-0.3, -0.25) is 5.32 Å². The predicted octanol–water partition coefficient (Wildman–Crippen LogP) is 2.20. The van der Waals surface area contributed by atoms with Crippen LogP contribution >= 0.6 is 0 Å². The Balaban J connectivity index is 1.83. The van der Waals surface area contributed by atoms with Gasteiger partial charge in [0.1, 0.15) is 5.76 Å². The largest absolute Gasteiger partial charge is 0.468 e. The van der Waals surface area contributed by atoms with Crippen LogP contribution in [-0.2, 0) is 18.5 Å². The Labute approximate surface area is 106 Å². The Morgan fingerprint density at radius 1 is 1.22 bits per heavy atom. The first-order valence-electron chi connectivity index (χ1n) is 6.31. The van der Waals surface area contributed by atoms with E-state index in [1.165, 1.54) is 11.1 Å². The molecule has 3 nitrogen and oxygen atoms in total. The highest BCUT2D eigenvalue weighted by molar-refractivity contribution is 5.38. The van der Waals surface area contributed by atoms with Crippen molar-refractivity contribution in [2.45, 2.75) is 24.9 Å². The van der Waals surface area contributed by atoms with E-state index in [-0.39, 0.29) is 12.1 Å². The molecule has 0 saturated heterocycles. The number of rotatable bonds is 4. The Kier molecular flexibility index (Phi) is 2.94. The van der Waals surface area contributed by atoms with Crippen molar-refractivity contribution in [3.05, 3.63) is 59.5 Å². The molecule has 0 fully saturated rings. The molecule has 2 aromatic rings. The molecule has 1 atom stereocenters. The molecule has 2 N–H and O–H groups in total. The van der Waals surface area contributed by atoms with Crippen LogP contribution in [-0.4, -0.2) is 11.7 Å². The first kappa shape index (κ1) is 11.5. The monoisotopic (exact) mass is 243 g/mol. The summed E-state index contributed by atoms with van der Waals surface area (Å²) in [4.78, 5) is 0. The maximum absolute atomic E-state index is 9.80. The van der Waals surface area contributed by atoms with Crippen molar-refractivity contribution < 1.29 is 9.52 Å². The Morgan fingerprint density at radius 3 is 2.89 bits per heavy atom. The second-order valence-electron chi connectivity index (χ2n) is 4.83. The van der Waals surface area contributed by atoms with Crippen molar-refractivity contribution in [2.75, 3.05) is 6.61 Å². The van der Waals surface area contributed by atoms with E-state index in [9.17, 15) is 5.11 Å². The lowest BCUT2D eigenvalue weighted by Crippen LogP contribution is -2.43. The van der Waals surface area contributed by atoms with Crippen LogP contribution in [0, 0.1) is 0 Å². The molecule has 3 heteroatoms. The molecule has 0 radical (unpaired) electrons. The van der Waals surface area contributed by atoms with Crippen molar-refractivity contribution in [3.63, 3.8) is 0 Å². The Morgan fingerprint density at radius 2 is 2.11 bits per heavy atom. The number of hydrogen-bond donors (Lipinski definition) is 2. The molecule has 1 aliphatic carbocycles. The highest BCUT2D eigenvalue weighted by Crippen LogP contribution is 2.36. The van der Waals surface area contributed by atoms with E-state index < -0.39 is 0 Å². The van der Waals surface area contributed by atoms with Crippen molar-refractivity contribution >= 4 is 0 Å². The van der Waals surface area contributed by atoms with Gasteiger partial charge in [-0.2, -0.15) is 0 Å². The highest BCUT2D eigenvalue weighted by atomic mass is 16.3. The summed E-state index contributed by atoms with van der Waals surface area (Å²) in [5.74, 6) is 0.896. The van der Waals surface area contributed by atoms with Gasteiger partial charge < -0.3 is 9.52 Å². The van der Waals surface area contributed by atoms with Crippen molar-refractivity contribution in [1.29, 1.82) is 0 Å². The SMILES string of the molecule is OC[C@@]1(NCc2ccco2)CCc2ccccc21. The summed E-state index contributed by atoms with van der Waals surface area (Å²) in [6, 6.07) is 12.2. The maximum atomic E-state index is 9.80. The molecule has 0 amide bonds. The summed E-state index contributed by atoms with van der Waals surface area (Å²) in [5, 5.41) is 13.3. The standard InChI is InChI=1S/C15H17NO2/c17-11-15(16-10-13-5-3-9-18-13)8-7-12-4-1-2-6-14(12)15/h1-6,9,16-17H,7-8,10-11H2/t15-/m0/s1. The zero-order valence-electron chi connectivity index (χ0n) is 10.2. The first-order valence-corrected chi connectivity index (χ1v) is 6.31. The van der Waals surface area contributed by atoms with Crippen LogP contribution in [0.15, 0.2) is 47.1 Å². The number of benzene rings is 1. The van der Waals surface area contributed by atoms with E-state index in [1.54, 1.807) is 6.26 Å². The summed E-state index contributed by atoms with van der Waals surface area (Å²) in [5.41, 5.74) is 2.24. The number of nitrogens with one attached hydrogen (secondary N) is 1. The number of aliphatic hydroxyl groups is 1. The Bertz CT molecular complexity index is 521. The van der Waals surface area contributed by atoms with E-state index in [1.807, 2.05) is 18.2 Å². The molecule has 18 heavy (non-hydrogen) atoms. The molecular weight excluding hydrogens is 226 g/mol. The van der Waals surface area contributed by atoms with E-state index >= 15 is 0 Å². The van der Waals surface area contributed by atoms with Crippen molar-refractivity contribution in [2.24, 2.45) is 0 Å². The summed E-state index contributed by atoms with van der Waals surface area (Å²) in [6.45, 7) is 0.757. The Hall–Kier alpha value is -1.58. The molecular formula is C15H17NO2. The van der Waals surface area contributed by atoms with Gasteiger partial charge in [-0.05, 0) is 36.1 Å². The minimum absolute atomic E-state index is 0.116. The molecule has 0 aliphatic heterocycles. The lowest BCUT2D eigenvalue weighted by Gasteiger charge is -2.29. The number of furan rings is 1. The second kappa shape index (κ2) is 4.59. The highest BCUT2D eigenvalue weighted by Gasteiger charge is 2.37. The van der Waals surface area contributed by atoms with Gasteiger partial charge in [-0.25, -0.2) is 0 Å². The van der Waals surface area contributed by atoms with Crippen LogP contribution in [0.5, 0.6) is 0 Å². The number of aryl methyl sites for hydroxylation is 1. The summed E-state index contributed by atoms with van der Waals surface area (Å²) in [7, 11) is 0. The lowest BCUT2D eigenvalue weighted by molar-refractivity contribution is 0.156. The average molecular weight is 243 g/mol. The van der Waals surface area contributed by atoms with Crippen LogP contribution in [0.1, 0.15) is 23.3 Å². The third kappa shape index (κ3) is 1.85. The molecule has 0 saturated carbocycles. The second-order valence-corrected chi connectivity index (χ2v) is 4.83. The van der Waals surface area contributed by atoms with Crippen LogP contribution in [0.25, 0.3) is 0 Å². The van der Waals surface area contributed by atoms with Crippen LogP contribution in [0.3, 0.4) is 0 Å². The zero-order chi connectivity index (χ0) is 12.4. The number of fused-ring (bicyclic) bond motifs is 1. The molecule has 1 aromatic carbocycles. The fourth-order valence-corrected chi connectivity index (χ4v) is 2.76.